The molecule has 5 nitrogen and oxygen atoms in total. The highest BCUT2D eigenvalue weighted by atomic mass is 35.5. The molecule has 0 aromatic heterocycles. The monoisotopic (exact) mass is 386 g/mol. The van der Waals surface area contributed by atoms with Gasteiger partial charge in [-0.1, -0.05) is 18.5 Å². The van der Waals surface area contributed by atoms with Crippen molar-refractivity contribution in [1.29, 1.82) is 0 Å². The van der Waals surface area contributed by atoms with E-state index in [0.29, 0.717) is 33.6 Å². The van der Waals surface area contributed by atoms with Crippen LogP contribution in [0.15, 0.2) is 42.5 Å². The topological polar surface area (TPSA) is 67.4 Å². The van der Waals surface area contributed by atoms with Gasteiger partial charge in [-0.2, -0.15) is 0 Å². The number of carbonyl (C=O) groups excluding carboxylic acids is 2. The summed E-state index contributed by atoms with van der Waals surface area (Å²) >= 11 is 6.20. The van der Waals surface area contributed by atoms with Crippen LogP contribution in [-0.4, -0.2) is 17.9 Å². The average Bonchev–Trinajstić information content (AvgIpc) is 3.34. The van der Waals surface area contributed by atoms with E-state index < -0.39 is 0 Å². The van der Waals surface area contributed by atoms with Gasteiger partial charge in [-0.15, -0.1) is 0 Å². The maximum absolute atomic E-state index is 12.4. The molecule has 1 aliphatic rings. The minimum atomic E-state index is -0.253. The summed E-state index contributed by atoms with van der Waals surface area (Å²) in [6.07, 6.45) is 0.959. The number of carbonyl (C=O) groups is 2. The summed E-state index contributed by atoms with van der Waals surface area (Å²) in [6.45, 7) is 5.90. The number of rotatable bonds is 6. The van der Waals surface area contributed by atoms with Crippen molar-refractivity contribution < 1.29 is 14.3 Å². The molecule has 2 unspecified atom stereocenters. The number of hydrogen-bond donors (Lipinski definition) is 2. The Morgan fingerprint density at radius 3 is 2.26 bits per heavy atom. The molecule has 2 atom stereocenters. The molecule has 0 spiro atoms. The molecular weight excluding hydrogens is 364 g/mol. The van der Waals surface area contributed by atoms with E-state index in [1.165, 1.54) is 0 Å². The molecule has 0 radical (unpaired) electrons. The van der Waals surface area contributed by atoms with Crippen LogP contribution in [-0.2, 0) is 4.79 Å². The van der Waals surface area contributed by atoms with Crippen LogP contribution in [0.3, 0.4) is 0 Å². The molecule has 2 N–H and O–H groups in total. The molecule has 1 fully saturated rings. The molecule has 0 heterocycles. The van der Waals surface area contributed by atoms with E-state index >= 15 is 0 Å². The smallest absolute Gasteiger partial charge is 0.255 e. The molecule has 2 aromatic carbocycles. The molecule has 0 saturated heterocycles. The Labute approximate surface area is 164 Å². The largest absolute Gasteiger partial charge is 0.489 e. The Balaban J connectivity index is 1.60. The Morgan fingerprint density at radius 2 is 1.70 bits per heavy atom. The average molecular weight is 387 g/mol. The second kappa shape index (κ2) is 8.01. The molecule has 2 aromatic rings. The van der Waals surface area contributed by atoms with Gasteiger partial charge in [-0.05, 0) is 68.7 Å². The lowest BCUT2D eigenvalue weighted by molar-refractivity contribution is -0.117. The molecule has 1 aliphatic carbocycles. The van der Waals surface area contributed by atoms with Crippen molar-refractivity contribution in [2.24, 2.45) is 11.8 Å². The number of hydrogen-bond acceptors (Lipinski definition) is 3. The Morgan fingerprint density at radius 1 is 1.07 bits per heavy atom. The molecule has 0 aliphatic heterocycles. The summed E-state index contributed by atoms with van der Waals surface area (Å²) in [4.78, 5) is 24.4. The summed E-state index contributed by atoms with van der Waals surface area (Å²) < 4.78 is 5.58. The minimum Gasteiger partial charge on any atom is -0.489 e. The zero-order valence-electron chi connectivity index (χ0n) is 15.6. The third kappa shape index (κ3) is 5.01. The number of benzene rings is 2. The Bertz CT molecular complexity index is 849. The fraction of sp³-hybridized carbons (Fsp3) is 0.333. The minimum absolute atomic E-state index is 0.0186. The first-order valence-electron chi connectivity index (χ1n) is 9.02. The van der Waals surface area contributed by atoms with E-state index in [2.05, 4.69) is 17.6 Å². The van der Waals surface area contributed by atoms with Gasteiger partial charge in [-0.3, -0.25) is 9.59 Å². The van der Waals surface area contributed by atoms with E-state index in [9.17, 15) is 9.59 Å². The lowest BCUT2D eigenvalue weighted by atomic mass is 10.2. The number of nitrogens with one attached hydrogen (secondary N) is 2. The van der Waals surface area contributed by atoms with Crippen molar-refractivity contribution in [3.05, 3.63) is 53.1 Å². The van der Waals surface area contributed by atoms with Crippen molar-refractivity contribution in [1.82, 2.24) is 0 Å². The predicted octanol–water partition coefficient (Wildman–Crippen LogP) is 4.97. The number of anilines is 2. The molecule has 6 heteroatoms. The quantitative estimate of drug-likeness (QED) is 0.736. The zero-order valence-corrected chi connectivity index (χ0v) is 16.3. The highest BCUT2D eigenvalue weighted by molar-refractivity contribution is 6.32. The number of ether oxygens (including phenoxy) is 1. The van der Waals surface area contributed by atoms with Gasteiger partial charge in [0.15, 0.2) is 0 Å². The first-order chi connectivity index (χ1) is 12.8. The first kappa shape index (κ1) is 19.2. The Kier molecular flexibility index (Phi) is 5.71. The van der Waals surface area contributed by atoms with Crippen LogP contribution in [0.1, 0.15) is 37.6 Å². The van der Waals surface area contributed by atoms with Crippen molar-refractivity contribution in [3.63, 3.8) is 0 Å². The summed E-state index contributed by atoms with van der Waals surface area (Å²) in [5, 5.41) is 6.12. The SMILES string of the molecule is CC(C)Oc1ccc(NC(=O)c2ccc(NC(=O)C3CC3C)cc2)cc1Cl. The van der Waals surface area contributed by atoms with Crippen LogP contribution in [0.5, 0.6) is 5.75 Å². The lowest BCUT2D eigenvalue weighted by Gasteiger charge is -2.13. The van der Waals surface area contributed by atoms with Crippen LogP contribution in [0.2, 0.25) is 5.02 Å². The van der Waals surface area contributed by atoms with Crippen LogP contribution >= 0.6 is 11.6 Å². The van der Waals surface area contributed by atoms with Gasteiger partial charge in [-0.25, -0.2) is 0 Å². The van der Waals surface area contributed by atoms with Crippen LogP contribution in [0, 0.1) is 11.8 Å². The standard InChI is InChI=1S/C21H23ClN2O3/c1-12(2)27-19-9-8-16(11-18(19)22)24-20(25)14-4-6-15(7-5-14)23-21(26)17-10-13(17)3/h4-9,11-13,17H,10H2,1-3H3,(H,23,26)(H,24,25). The third-order valence-electron chi connectivity index (χ3n) is 4.41. The first-order valence-corrected chi connectivity index (χ1v) is 9.39. The molecule has 27 heavy (non-hydrogen) atoms. The fourth-order valence-electron chi connectivity index (χ4n) is 2.76. The van der Waals surface area contributed by atoms with Gasteiger partial charge in [0.1, 0.15) is 5.75 Å². The molecule has 0 bridgehead atoms. The van der Waals surface area contributed by atoms with Crippen LogP contribution in [0.4, 0.5) is 11.4 Å². The van der Waals surface area contributed by atoms with E-state index in [0.717, 1.165) is 6.42 Å². The van der Waals surface area contributed by atoms with Gasteiger partial charge in [0.2, 0.25) is 5.91 Å². The second-order valence-electron chi connectivity index (χ2n) is 7.15. The predicted molar refractivity (Wildman–Crippen MR) is 108 cm³/mol. The normalized spacial score (nSPS) is 18.1. The summed E-state index contributed by atoms with van der Waals surface area (Å²) in [7, 11) is 0. The maximum atomic E-state index is 12.4. The summed E-state index contributed by atoms with van der Waals surface area (Å²) in [6, 6.07) is 11.9. The van der Waals surface area contributed by atoms with E-state index in [1.54, 1.807) is 42.5 Å². The number of halogens is 1. The third-order valence-corrected chi connectivity index (χ3v) is 4.71. The van der Waals surface area contributed by atoms with Gasteiger partial charge >= 0.3 is 0 Å². The van der Waals surface area contributed by atoms with Crippen LogP contribution in [0.25, 0.3) is 0 Å². The molecule has 1 saturated carbocycles. The van der Waals surface area contributed by atoms with Crippen molar-refractivity contribution in [2.45, 2.75) is 33.3 Å². The van der Waals surface area contributed by atoms with Gasteiger partial charge in [0, 0.05) is 22.9 Å². The summed E-state index contributed by atoms with van der Waals surface area (Å²) in [5.74, 6) is 0.935. The number of amides is 2. The van der Waals surface area contributed by atoms with Gasteiger partial charge in [0.05, 0.1) is 11.1 Å². The van der Waals surface area contributed by atoms with Crippen molar-refractivity contribution >= 4 is 34.8 Å². The van der Waals surface area contributed by atoms with Crippen molar-refractivity contribution in [2.75, 3.05) is 10.6 Å². The van der Waals surface area contributed by atoms with Gasteiger partial charge < -0.3 is 15.4 Å². The molecule has 2 amide bonds. The zero-order chi connectivity index (χ0) is 19.6. The van der Waals surface area contributed by atoms with E-state index in [-0.39, 0.29) is 23.8 Å². The Hall–Kier alpha value is -2.53. The highest BCUT2D eigenvalue weighted by Crippen LogP contribution is 2.38. The lowest BCUT2D eigenvalue weighted by Crippen LogP contribution is -2.15. The van der Waals surface area contributed by atoms with Gasteiger partial charge in [0.25, 0.3) is 5.91 Å². The summed E-state index contributed by atoms with van der Waals surface area (Å²) in [5.41, 5.74) is 1.77. The van der Waals surface area contributed by atoms with E-state index in [4.69, 9.17) is 16.3 Å². The second-order valence-corrected chi connectivity index (χ2v) is 7.56. The molecule has 3 rings (SSSR count). The molecule has 142 valence electrons. The van der Waals surface area contributed by atoms with E-state index in [1.807, 2.05) is 13.8 Å². The fourth-order valence-corrected chi connectivity index (χ4v) is 2.98. The van der Waals surface area contributed by atoms with Crippen molar-refractivity contribution in [3.8, 4) is 5.75 Å². The highest BCUT2D eigenvalue weighted by Gasteiger charge is 2.39. The van der Waals surface area contributed by atoms with Crippen LogP contribution < -0.4 is 15.4 Å². The molecular formula is C21H23ClN2O3. The maximum Gasteiger partial charge on any atom is 0.255 e.